The molecule has 1 amide bonds. The minimum absolute atomic E-state index is 0.0670. The van der Waals surface area contributed by atoms with E-state index >= 15 is 0 Å². The molecule has 1 aliphatic heterocycles. The quantitative estimate of drug-likeness (QED) is 0.898. The molecule has 2 aliphatic rings. The van der Waals surface area contributed by atoms with Crippen molar-refractivity contribution in [3.8, 4) is 6.07 Å². The highest BCUT2D eigenvalue weighted by atomic mass is 16.4. The van der Waals surface area contributed by atoms with Crippen LogP contribution in [0.2, 0.25) is 0 Å². The zero-order valence-electron chi connectivity index (χ0n) is 11.5. The molecule has 1 aromatic heterocycles. The number of nitriles is 1. The van der Waals surface area contributed by atoms with E-state index in [4.69, 9.17) is 10.2 Å². The van der Waals surface area contributed by atoms with Gasteiger partial charge in [-0.3, -0.25) is 4.79 Å². The van der Waals surface area contributed by atoms with Gasteiger partial charge < -0.3 is 15.1 Å². The molecule has 2 unspecified atom stereocenters. The lowest BCUT2D eigenvalue weighted by Crippen LogP contribution is -2.38. The number of nitrogens with zero attached hydrogens (tertiary/aromatic N) is 3. The summed E-state index contributed by atoms with van der Waals surface area (Å²) in [6.07, 6.45) is 2.49. The second-order valence-electron chi connectivity index (χ2n) is 5.80. The van der Waals surface area contributed by atoms with Crippen molar-refractivity contribution in [3.63, 3.8) is 0 Å². The van der Waals surface area contributed by atoms with Crippen molar-refractivity contribution in [1.29, 1.82) is 5.26 Å². The molecule has 0 aromatic carbocycles. The number of hydrogen-bond donors (Lipinski definition) is 1. The second kappa shape index (κ2) is 4.82. The number of nitrogens with two attached hydrogens (primary N) is 1. The van der Waals surface area contributed by atoms with Crippen LogP contribution in [-0.2, 0) is 4.79 Å². The number of hydrogen-bond acceptors (Lipinski definition) is 5. The van der Waals surface area contributed by atoms with Gasteiger partial charge in [0.2, 0.25) is 23.4 Å². The molecule has 1 saturated carbocycles. The summed E-state index contributed by atoms with van der Waals surface area (Å²) in [5.74, 6) is 1.89. The summed E-state index contributed by atoms with van der Waals surface area (Å²) in [6.45, 7) is 3.51. The van der Waals surface area contributed by atoms with E-state index in [0.717, 1.165) is 6.42 Å². The third kappa shape index (κ3) is 2.24. The van der Waals surface area contributed by atoms with Gasteiger partial charge in [0, 0.05) is 24.9 Å². The van der Waals surface area contributed by atoms with Crippen molar-refractivity contribution in [3.05, 3.63) is 11.6 Å². The fourth-order valence-electron chi connectivity index (χ4n) is 2.81. The summed E-state index contributed by atoms with van der Waals surface area (Å²) in [5, 5.41) is 9.20. The fraction of sp³-hybridized carbons (Fsp3) is 0.643. The van der Waals surface area contributed by atoms with Crippen LogP contribution in [0.25, 0.3) is 0 Å². The SMILES string of the molecule is CC1CC1c1nc(C#N)c(N2CCC(C(N)=O)CC2)o1. The maximum atomic E-state index is 11.2. The van der Waals surface area contributed by atoms with Gasteiger partial charge in [-0.2, -0.15) is 5.26 Å². The Morgan fingerprint density at radius 1 is 1.50 bits per heavy atom. The van der Waals surface area contributed by atoms with Crippen molar-refractivity contribution in [2.24, 2.45) is 17.6 Å². The van der Waals surface area contributed by atoms with Gasteiger partial charge in [0.25, 0.3) is 0 Å². The van der Waals surface area contributed by atoms with Crippen LogP contribution in [-0.4, -0.2) is 24.0 Å². The Kier molecular flexibility index (Phi) is 3.13. The Bertz CT molecular complexity index is 566. The second-order valence-corrected chi connectivity index (χ2v) is 5.80. The Balaban J connectivity index is 1.76. The van der Waals surface area contributed by atoms with E-state index in [1.165, 1.54) is 0 Å². The lowest BCUT2D eigenvalue weighted by atomic mass is 9.96. The molecule has 0 radical (unpaired) electrons. The number of carbonyl (C=O) groups excluding carboxylic acids is 1. The fourth-order valence-corrected chi connectivity index (χ4v) is 2.81. The van der Waals surface area contributed by atoms with Gasteiger partial charge in [0.05, 0.1) is 0 Å². The first kappa shape index (κ1) is 13.0. The molecule has 0 spiro atoms. The van der Waals surface area contributed by atoms with Crippen molar-refractivity contribution in [2.45, 2.75) is 32.1 Å². The minimum Gasteiger partial charge on any atom is -0.423 e. The number of oxazole rings is 1. The number of amides is 1. The van der Waals surface area contributed by atoms with Crippen LogP contribution in [0.15, 0.2) is 4.42 Å². The molecule has 1 aromatic rings. The Morgan fingerprint density at radius 3 is 2.65 bits per heavy atom. The molecule has 1 aliphatic carbocycles. The Morgan fingerprint density at radius 2 is 2.15 bits per heavy atom. The molecular weight excluding hydrogens is 256 g/mol. The van der Waals surface area contributed by atoms with Gasteiger partial charge in [0.1, 0.15) is 6.07 Å². The van der Waals surface area contributed by atoms with Gasteiger partial charge in [-0.05, 0) is 25.2 Å². The normalized spacial score (nSPS) is 26.3. The van der Waals surface area contributed by atoms with Gasteiger partial charge in [-0.25, -0.2) is 4.98 Å². The molecule has 2 atom stereocenters. The first-order chi connectivity index (χ1) is 9.60. The lowest BCUT2D eigenvalue weighted by Gasteiger charge is -2.30. The minimum atomic E-state index is -0.241. The van der Waals surface area contributed by atoms with Gasteiger partial charge >= 0.3 is 0 Å². The zero-order valence-corrected chi connectivity index (χ0v) is 11.5. The first-order valence-corrected chi connectivity index (χ1v) is 7.05. The number of carbonyl (C=O) groups is 1. The monoisotopic (exact) mass is 274 g/mol. The third-order valence-corrected chi connectivity index (χ3v) is 4.34. The largest absolute Gasteiger partial charge is 0.423 e. The summed E-state index contributed by atoms with van der Waals surface area (Å²) in [4.78, 5) is 17.5. The molecule has 3 rings (SSSR count). The smallest absolute Gasteiger partial charge is 0.234 e. The van der Waals surface area contributed by atoms with Gasteiger partial charge in [-0.15, -0.1) is 0 Å². The third-order valence-electron chi connectivity index (χ3n) is 4.34. The van der Waals surface area contributed by atoms with Gasteiger partial charge in [0.15, 0.2) is 0 Å². The summed E-state index contributed by atoms with van der Waals surface area (Å²) in [7, 11) is 0. The average Bonchev–Trinajstić information content (AvgIpc) is 3.03. The number of piperidine rings is 1. The van der Waals surface area contributed by atoms with E-state index in [2.05, 4.69) is 18.0 Å². The summed E-state index contributed by atoms with van der Waals surface area (Å²) in [5.41, 5.74) is 5.69. The topological polar surface area (TPSA) is 96.1 Å². The molecular formula is C14H18N4O2. The predicted octanol–water partition coefficient (Wildman–Crippen LogP) is 1.37. The van der Waals surface area contributed by atoms with Crippen molar-refractivity contribution in [1.82, 2.24) is 4.98 Å². The molecule has 106 valence electrons. The van der Waals surface area contributed by atoms with Crippen LogP contribution in [0.4, 0.5) is 5.88 Å². The van der Waals surface area contributed by atoms with Crippen LogP contribution in [0.5, 0.6) is 0 Å². The lowest BCUT2D eigenvalue weighted by molar-refractivity contribution is -0.122. The number of rotatable bonds is 3. The molecule has 2 fully saturated rings. The molecule has 2 heterocycles. The highest BCUT2D eigenvalue weighted by Crippen LogP contribution is 2.47. The predicted molar refractivity (Wildman–Crippen MR) is 71.9 cm³/mol. The zero-order chi connectivity index (χ0) is 14.3. The van der Waals surface area contributed by atoms with Crippen LogP contribution in [0.3, 0.4) is 0 Å². The van der Waals surface area contributed by atoms with Crippen LogP contribution >= 0.6 is 0 Å². The van der Waals surface area contributed by atoms with Crippen molar-refractivity contribution in [2.75, 3.05) is 18.0 Å². The Hall–Kier alpha value is -2.03. The first-order valence-electron chi connectivity index (χ1n) is 7.05. The molecule has 2 N–H and O–H groups in total. The van der Waals surface area contributed by atoms with Crippen LogP contribution in [0, 0.1) is 23.2 Å². The number of primary amides is 1. The summed E-state index contributed by atoms with van der Waals surface area (Å²) >= 11 is 0. The average molecular weight is 274 g/mol. The van der Waals surface area contributed by atoms with E-state index in [0.29, 0.717) is 55.2 Å². The molecule has 0 bridgehead atoms. The maximum Gasteiger partial charge on any atom is 0.234 e. The highest BCUT2D eigenvalue weighted by molar-refractivity contribution is 5.77. The maximum absolute atomic E-state index is 11.2. The number of aromatic nitrogens is 1. The standard InChI is InChI=1S/C14H18N4O2/c1-8-6-10(8)13-17-11(7-15)14(20-13)18-4-2-9(3-5-18)12(16)19/h8-10H,2-6H2,1H3,(H2,16,19). The van der Waals surface area contributed by atoms with E-state index in [1.54, 1.807) is 0 Å². The van der Waals surface area contributed by atoms with Gasteiger partial charge in [-0.1, -0.05) is 6.92 Å². The summed E-state index contributed by atoms with van der Waals surface area (Å²) in [6, 6.07) is 2.11. The molecule has 6 heteroatoms. The van der Waals surface area contributed by atoms with Crippen molar-refractivity contribution >= 4 is 11.8 Å². The molecule has 1 saturated heterocycles. The van der Waals surface area contributed by atoms with Crippen LogP contribution in [0.1, 0.15) is 43.7 Å². The van der Waals surface area contributed by atoms with E-state index in [-0.39, 0.29) is 11.8 Å². The van der Waals surface area contributed by atoms with Crippen molar-refractivity contribution < 1.29 is 9.21 Å². The Labute approximate surface area is 117 Å². The van der Waals surface area contributed by atoms with E-state index in [1.807, 2.05) is 4.90 Å². The molecule has 6 nitrogen and oxygen atoms in total. The molecule has 20 heavy (non-hydrogen) atoms. The highest BCUT2D eigenvalue weighted by Gasteiger charge is 2.39. The van der Waals surface area contributed by atoms with Crippen LogP contribution < -0.4 is 10.6 Å². The van der Waals surface area contributed by atoms with E-state index in [9.17, 15) is 10.1 Å². The number of anilines is 1. The summed E-state index contributed by atoms with van der Waals surface area (Å²) < 4.78 is 5.81. The van der Waals surface area contributed by atoms with E-state index < -0.39 is 0 Å².